The number of hydrogen-bond donors (Lipinski definition) is 1. The van der Waals surface area contributed by atoms with E-state index < -0.39 is 11.7 Å². The Morgan fingerprint density at radius 1 is 1.12 bits per heavy atom. The van der Waals surface area contributed by atoms with Crippen LogP contribution < -0.4 is 0 Å². The predicted octanol–water partition coefficient (Wildman–Crippen LogP) is 4.09. The van der Waals surface area contributed by atoms with Crippen LogP contribution >= 0.6 is 0 Å². The molecular formula is C22H17F3N6O. The monoisotopic (exact) mass is 438 g/mol. The number of carbonyl (C=O) groups is 1. The highest BCUT2D eigenvalue weighted by atomic mass is 19.4. The summed E-state index contributed by atoms with van der Waals surface area (Å²) in [5, 5.41) is 8.60. The normalized spacial score (nSPS) is 14.6. The fraction of sp³-hybridized carbons (Fsp3) is 0.182. The number of H-pyrrole nitrogens is 1. The summed E-state index contributed by atoms with van der Waals surface area (Å²) in [5.74, 6) is -0.378. The number of benzene rings is 1. The summed E-state index contributed by atoms with van der Waals surface area (Å²) in [6.07, 6.45) is 2.93. The van der Waals surface area contributed by atoms with Crippen molar-refractivity contribution in [3.8, 4) is 5.69 Å². The number of amides is 1. The Bertz CT molecular complexity index is 1340. The number of nitrogens with zero attached hydrogens (tertiary/aromatic N) is 5. The summed E-state index contributed by atoms with van der Waals surface area (Å²) in [6, 6.07) is 8.90. The van der Waals surface area contributed by atoms with Gasteiger partial charge in [-0.2, -0.15) is 13.2 Å². The Hall–Kier alpha value is -3.95. The summed E-state index contributed by atoms with van der Waals surface area (Å²) >= 11 is 0. The molecule has 0 aliphatic carbocycles. The zero-order chi connectivity index (χ0) is 22.3. The van der Waals surface area contributed by atoms with Crippen molar-refractivity contribution in [2.75, 3.05) is 13.1 Å². The summed E-state index contributed by atoms with van der Waals surface area (Å²) in [4.78, 5) is 21.9. The summed E-state index contributed by atoms with van der Waals surface area (Å²) in [5.41, 5.74) is 1.93. The molecule has 32 heavy (non-hydrogen) atoms. The average molecular weight is 438 g/mol. The number of halogens is 3. The van der Waals surface area contributed by atoms with Gasteiger partial charge in [-0.05, 0) is 36.3 Å². The van der Waals surface area contributed by atoms with E-state index in [0.29, 0.717) is 19.5 Å². The average Bonchev–Trinajstić information content (AvgIpc) is 3.46. The molecule has 1 aromatic carbocycles. The van der Waals surface area contributed by atoms with Crippen LogP contribution in [0.2, 0.25) is 0 Å². The van der Waals surface area contributed by atoms with E-state index in [9.17, 15) is 18.0 Å². The van der Waals surface area contributed by atoms with Gasteiger partial charge in [-0.1, -0.05) is 23.4 Å². The van der Waals surface area contributed by atoms with Gasteiger partial charge in [0.1, 0.15) is 5.65 Å². The van der Waals surface area contributed by atoms with E-state index in [1.165, 1.54) is 24.4 Å². The molecule has 0 atom stereocenters. The molecule has 1 aliphatic heterocycles. The molecule has 1 aliphatic rings. The zero-order valence-corrected chi connectivity index (χ0v) is 16.7. The van der Waals surface area contributed by atoms with Gasteiger partial charge in [0.25, 0.3) is 5.91 Å². The van der Waals surface area contributed by atoms with Crippen molar-refractivity contribution in [2.45, 2.75) is 12.6 Å². The van der Waals surface area contributed by atoms with Crippen LogP contribution in [-0.4, -0.2) is 48.9 Å². The quantitative estimate of drug-likeness (QED) is 0.523. The minimum atomic E-state index is -4.54. The van der Waals surface area contributed by atoms with Crippen LogP contribution in [-0.2, 0) is 6.18 Å². The molecule has 0 bridgehead atoms. The number of pyridine rings is 1. The molecule has 7 nitrogen and oxygen atoms in total. The number of fused-ring (bicyclic) bond motifs is 1. The molecule has 0 radical (unpaired) electrons. The third kappa shape index (κ3) is 3.53. The van der Waals surface area contributed by atoms with Gasteiger partial charge in [-0.25, -0.2) is 9.67 Å². The molecule has 0 saturated carbocycles. The lowest BCUT2D eigenvalue weighted by molar-refractivity contribution is -0.137. The van der Waals surface area contributed by atoms with Crippen LogP contribution in [0.1, 0.15) is 28.0 Å². The third-order valence-corrected chi connectivity index (χ3v) is 5.46. The van der Waals surface area contributed by atoms with Crippen molar-refractivity contribution in [1.82, 2.24) is 29.9 Å². The van der Waals surface area contributed by atoms with E-state index in [1.807, 2.05) is 24.4 Å². The topological polar surface area (TPSA) is 79.7 Å². The maximum Gasteiger partial charge on any atom is 0.418 e. The van der Waals surface area contributed by atoms with Crippen LogP contribution in [0.4, 0.5) is 13.2 Å². The highest BCUT2D eigenvalue weighted by Crippen LogP contribution is 2.33. The zero-order valence-electron chi connectivity index (χ0n) is 16.7. The first-order valence-electron chi connectivity index (χ1n) is 9.91. The lowest BCUT2D eigenvalue weighted by atomic mass is 9.99. The second-order valence-corrected chi connectivity index (χ2v) is 7.40. The minimum absolute atomic E-state index is 0.00452. The molecule has 4 aromatic rings. The molecule has 1 amide bonds. The minimum Gasteiger partial charge on any atom is -0.346 e. The Morgan fingerprint density at radius 3 is 2.75 bits per heavy atom. The molecule has 162 valence electrons. The number of alkyl halides is 3. The van der Waals surface area contributed by atoms with E-state index in [-0.39, 0.29) is 17.3 Å². The first kappa shape index (κ1) is 20.0. The van der Waals surface area contributed by atoms with E-state index >= 15 is 0 Å². The molecule has 0 unspecified atom stereocenters. The summed E-state index contributed by atoms with van der Waals surface area (Å²) in [7, 11) is 0. The van der Waals surface area contributed by atoms with E-state index in [4.69, 9.17) is 0 Å². The van der Waals surface area contributed by atoms with Crippen LogP contribution in [0.3, 0.4) is 0 Å². The number of para-hydroxylation sites is 1. The van der Waals surface area contributed by atoms with Crippen molar-refractivity contribution in [1.29, 1.82) is 0 Å². The van der Waals surface area contributed by atoms with Crippen molar-refractivity contribution in [3.63, 3.8) is 0 Å². The van der Waals surface area contributed by atoms with Crippen LogP contribution in [0.25, 0.3) is 22.3 Å². The highest BCUT2D eigenvalue weighted by molar-refractivity contribution is 5.94. The van der Waals surface area contributed by atoms with Gasteiger partial charge in [0.05, 0.1) is 17.4 Å². The maximum atomic E-state index is 13.3. The van der Waals surface area contributed by atoms with Gasteiger partial charge in [-0.15, -0.1) is 5.10 Å². The molecule has 4 heterocycles. The van der Waals surface area contributed by atoms with Crippen molar-refractivity contribution in [2.24, 2.45) is 0 Å². The molecule has 5 rings (SSSR count). The number of aromatic nitrogens is 5. The fourth-order valence-corrected chi connectivity index (χ4v) is 3.87. The summed E-state index contributed by atoms with van der Waals surface area (Å²) < 4.78 is 40.9. The lowest BCUT2D eigenvalue weighted by Crippen LogP contribution is -2.34. The molecule has 3 aromatic heterocycles. The number of aromatic amines is 1. The first-order chi connectivity index (χ1) is 15.4. The highest BCUT2D eigenvalue weighted by Gasteiger charge is 2.34. The van der Waals surface area contributed by atoms with Gasteiger partial charge in [0.15, 0.2) is 5.69 Å². The fourth-order valence-electron chi connectivity index (χ4n) is 3.87. The Morgan fingerprint density at radius 2 is 1.97 bits per heavy atom. The van der Waals surface area contributed by atoms with E-state index in [0.717, 1.165) is 32.9 Å². The Balaban J connectivity index is 1.35. The molecule has 0 saturated heterocycles. The van der Waals surface area contributed by atoms with Crippen molar-refractivity contribution < 1.29 is 18.0 Å². The second-order valence-electron chi connectivity index (χ2n) is 7.40. The number of carbonyl (C=O) groups excluding carboxylic acids is 1. The van der Waals surface area contributed by atoms with Gasteiger partial charge >= 0.3 is 6.18 Å². The van der Waals surface area contributed by atoms with Crippen LogP contribution in [0.15, 0.2) is 61.1 Å². The largest absolute Gasteiger partial charge is 0.418 e. The van der Waals surface area contributed by atoms with Gasteiger partial charge in [0, 0.05) is 36.4 Å². The molecular weight excluding hydrogens is 421 g/mol. The Labute approximate surface area is 180 Å². The van der Waals surface area contributed by atoms with E-state index in [1.54, 1.807) is 11.1 Å². The molecule has 1 N–H and O–H groups in total. The molecule has 0 fully saturated rings. The maximum absolute atomic E-state index is 13.3. The van der Waals surface area contributed by atoms with Gasteiger partial charge < -0.3 is 9.88 Å². The molecule has 0 spiro atoms. The number of nitrogens with one attached hydrogen (secondary N) is 1. The lowest BCUT2D eigenvalue weighted by Gasteiger charge is -2.25. The van der Waals surface area contributed by atoms with Crippen molar-refractivity contribution >= 4 is 22.5 Å². The standard InChI is InChI=1S/C22H17F3N6O/c23-22(24,25)17-5-1-2-6-19(17)31-13-18(28-29-31)21(32)30-10-7-14(8-11-30)16-12-27-20-15(16)4-3-9-26-20/h1-7,9,12-13H,8,10-11H2,(H,26,27). The Kier molecular flexibility index (Phi) is 4.76. The number of rotatable bonds is 3. The third-order valence-electron chi connectivity index (χ3n) is 5.46. The first-order valence-corrected chi connectivity index (χ1v) is 9.91. The number of hydrogen-bond acceptors (Lipinski definition) is 4. The van der Waals surface area contributed by atoms with Crippen LogP contribution in [0, 0.1) is 0 Å². The second kappa shape index (κ2) is 7.63. The van der Waals surface area contributed by atoms with E-state index in [2.05, 4.69) is 20.3 Å². The van der Waals surface area contributed by atoms with Crippen molar-refractivity contribution in [3.05, 3.63) is 77.9 Å². The van der Waals surface area contributed by atoms with Crippen LogP contribution in [0.5, 0.6) is 0 Å². The van der Waals surface area contributed by atoms with Gasteiger partial charge in [0.2, 0.25) is 0 Å². The molecule has 10 heteroatoms. The summed E-state index contributed by atoms with van der Waals surface area (Å²) in [6.45, 7) is 0.830. The predicted molar refractivity (Wildman–Crippen MR) is 111 cm³/mol. The SMILES string of the molecule is O=C(c1cn(-c2ccccc2C(F)(F)F)nn1)N1CC=C(c2c[nH]c3ncccc23)CC1. The van der Waals surface area contributed by atoms with Gasteiger partial charge in [-0.3, -0.25) is 4.79 Å². The smallest absolute Gasteiger partial charge is 0.346 e.